The highest BCUT2D eigenvalue weighted by molar-refractivity contribution is 7.98. The van der Waals surface area contributed by atoms with Crippen LogP contribution in [0.2, 0.25) is 0 Å². The number of aryl methyl sites for hydroxylation is 1. The van der Waals surface area contributed by atoms with Crippen LogP contribution in [0.25, 0.3) is 10.2 Å². The number of halogens is 1. The third-order valence-corrected chi connectivity index (χ3v) is 4.69. The van der Waals surface area contributed by atoms with Gasteiger partial charge < -0.3 is 4.98 Å². The molecule has 0 aliphatic heterocycles. The molecule has 0 saturated carbocycles. The van der Waals surface area contributed by atoms with Crippen LogP contribution >= 0.6 is 23.1 Å². The molecular formula is C14H11FN2OS2. The molecule has 3 rings (SSSR count). The van der Waals surface area contributed by atoms with Gasteiger partial charge in [-0.15, -0.1) is 11.3 Å². The van der Waals surface area contributed by atoms with Crippen LogP contribution in [0.1, 0.15) is 10.4 Å². The zero-order chi connectivity index (χ0) is 14.1. The van der Waals surface area contributed by atoms with Crippen molar-refractivity contribution in [2.45, 2.75) is 17.8 Å². The highest BCUT2D eigenvalue weighted by Gasteiger charge is 2.08. The number of H-pyrrole nitrogens is 1. The smallest absolute Gasteiger partial charge is 0.260 e. The molecule has 0 saturated heterocycles. The second kappa shape index (κ2) is 5.38. The molecule has 3 nitrogen and oxygen atoms in total. The monoisotopic (exact) mass is 306 g/mol. The van der Waals surface area contributed by atoms with Gasteiger partial charge in [0.15, 0.2) is 5.16 Å². The Labute approximate surface area is 122 Å². The van der Waals surface area contributed by atoms with Gasteiger partial charge in [0.25, 0.3) is 5.56 Å². The molecule has 6 heteroatoms. The number of fused-ring (bicyclic) bond motifs is 1. The lowest BCUT2D eigenvalue weighted by molar-refractivity contribution is 0.617. The minimum absolute atomic E-state index is 0.143. The normalized spacial score (nSPS) is 11.1. The molecule has 0 aliphatic carbocycles. The minimum Gasteiger partial charge on any atom is -0.301 e. The number of aromatic nitrogens is 2. The van der Waals surface area contributed by atoms with Crippen LogP contribution in [0.4, 0.5) is 4.39 Å². The van der Waals surface area contributed by atoms with Gasteiger partial charge in [-0.1, -0.05) is 30.0 Å². The van der Waals surface area contributed by atoms with Crippen molar-refractivity contribution in [2.24, 2.45) is 0 Å². The maximum Gasteiger partial charge on any atom is 0.260 e. The van der Waals surface area contributed by atoms with E-state index in [1.807, 2.05) is 13.0 Å². The quantitative estimate of drug-likeness (QED) is 0.592. The number of nitrogens with zero attached hydrogens (tertiary/aromatic N) is 1. The number of hydrogen-bond donors (Lipinski definition) is 1. The summed E-state index contributed by atoms with van der Waals surface area (Å²) in [4.78, 5) is 20.8. The standard InChI is InChI=1S/C14H11FN2OS2/c1-8-6-10-12(18)16-14(17-13(10)20-8)19-7-9-4-2-3-5-11(9)15/h2-6H,7H2,1H3,(H,16,17,18). The highest BCUT2D eigenvalue weighted by Crippen LogP contribution is 2.24. The summed E-state index contributed by atoms with van der Waals surface area (Å²) >= 11 is 2.81. The first kappa shape index (κ1) is 13.3. The molecule has 1 N–H and O–H groups in total. The molecule has 0 fully saturated rings. The second-order valence-corrected chi connectivity index (χ2v) is 6.53. The SMILES string of the molecule is Cc1cc2c(=O)[nH]c(SCc3ccccc3F)nc2s1. The van der Waals surface area contributed by atoms with E-state index in [4.69, 9.17) is 0 Å². The van der Waals surface area contributed by atoms with Crippen LogP contribution < -0.4 is 5.56 Å². The van der Waals surface area contributed by atoms with Gasteiger partial charge in [-0.3, -0.25) is 4.79 Å². The van der Waals surface area contributed by atoms with E-state index in [1.165, 1.54) is 29.2 Å². The molecule has 0 bridgehead atoms. The Morgan fingerprint density at radius 1 is 1.40 bits per heavy atom. The molecule has 102 valence electrons. The number of hydrogen-bond acceptors (Lipinski definition) is 4. The summed E-state index contributed by atoms with van der Waals surface area (Å²) in [6.45, 7) is 1.94. The van der Waals surface area contributed by atoms with Gasteiger partial charge >= 0.3 is 0 Å². The Hall–Kier alpha value is -1.66. The molecule has 2 heterocycles. The number of thioether (sulfide) groups is 1. The molecule has 3 aromatic rings. The van der Waals surface area contributed by atoms with Gasteiger partial charge in [0.2, 0.25) is 0 Å². The predicted octanol–water partition coefficient (Wildman–Crippen LogP) is 3.72. The summed E-state index contributed by atoms with van der Waals surface area (Å²) in [5, 5.41) is 1.13. The van der Waals surface area contributed by atoms with E-state index in [-0.39, 0.29) is 11.4 Å². The van der Waals surface area contributed by atoms with Crippen molar-refractivity contribution in [1.82, 2.24) is 9.97 Å². The molecule has 0 unspecified atom stereocenters. The first-order valence-electron chi connectivity index (χ1n) is 6.00. The van der Waals surface area contributed by atoms with E-state index >= 15 is 0 Å². The van der Waals surface area contributed by atoms with Crippen molar-refractivity contribution in [3.8, 4) is 0 Å². The van der Waals surface area contributed by atoms with Crippen molar-refractivity contribution in [1.29, 1.82) is 0 Å². The maximum absolute atomic E-state index is 13.5. The number of thiophene rings is 1. The predicted molar refractivity (Wildman–Crippen MR) is 80.9 cm³/mol. The molecule has 20 heavy (non-hydrogen) atoms. The number of rotatable bonds is 3. The van der Waals surface area contributed by atoms with Crippen molar-refractivity contribution in [3.05, 3.63) is 56.9 Å². The molecule has 2 aromatic heterocycles. The van der Waals surface area contributed by atoms with Crippen molar-refractivity contribution < 1.29 is 4.39 Å². The highest BCUT2D eigenvalue weighted by atomic mass is 32.2. The molecule has 0 aliphatic rings. The van der Waals surface area contributed by atoms with Crippen LogP contribution in [-0.4, -0.2) is 9.97 Å². The molecule has 0 radical (unpaired) electrons. The first-order chi connectivity index (χ1) is 9.63. The topological polar surface area (TPSA) is 45.8 Å². The lowest BCUT2D eigenvalue weighted by Crippen LogP contribution is -2.07. The summed E-state index contributed by atoms with van der Waals surface area (Å²) in [6, 6.07) is 8.44. The summed E-state index contributed by atoms with van der Waals surface area (Å²) in [7, 11) is 0. The van der Waals surface area contributed by atoms with Crippen molar-refractivity contribution in [2.75, 3.05) is 0 Å². The van der Waals surface area contributed by atoms with Crippen LogP contribution in [-0.2, 0) is 5.75 Å². The Balaban J connectivity index is 1.88. The summed E-state index contributed by atoms with van der Waals surface area (Å²) < 4.78 is 13.5. The van der Waals surface area contributed by atoms with Crippen LogP contribution in [0.3, 0.4) is 0 Å². The van der Waals surface area contributed by atoms with Gasteiger partial charge in [0.1, 0.15) is 10.6 Å². The van der Waals surface area contributed by atoms with Crippen molar-refractivity contribution >= 4 is 33.3 Å². The van der Waals surface area contributed by atoms with E-state index < -0.39 is 0 Å². The number of benzene rings is 1. The summed E-state index contributed by atoms with van der Waals surface area (Å²) in [6.07, 6.45) is 0. The van der Waals surface area contributed by atoms with Gasteiger partial charge in [-0.05, 0) is 24.6 Å². The van der Waals surface area contributed by atoms with E-state index in [0.717, 1.165) is 9.71 Å². The second-order valence-electron chi connectivity index (χ2n) is 4.33. The third-order valence-electron chi connectivity index (χ3n) is 2.83. The van der Waals surface area contributed by atoms with Gasteiger partial charge in [0, 0.05) is 10.6 Å². The zero-order valence-electron chi connectivity index (χ0n) is 10.6. The van der Waals surface area contributed by atoms with Crippen LogP contribution in [0.15, 0.2) is 40.3 Å². The molecule has 0 atom stereocenters. The van der Waals surface area contributed by atoms with Crippen molar-refractivity contribution in [3.63, 3.8) is 0 Å². The number of aromatic amines is 1. The molecular weight excluding hydrogens is 295 g/mol. The Bertz CT molecular complexity index is 825. The molecule has 0 spiro atoms. The Kier molecular flexibility index (Phi) is 3.58. The summed E-state index contributed by atoms with van der Waals surface area (Å²) in [5.74, 6) is 0.196. The van der Waals surface area contributed by atoms with E-state index in [9.17, 15) is 9.18 Å². The van der Waals surface area contributed by atoms with Gasteiger partial charge in [0.05, 0.1) is 5.39 Å². The van der Waals surface area contributed by atoms with Crippen LogP contribution in [0, 0.1) is 12.7 Å². The first-order valence-corrected chi connectivity index (χ1v) is 7.80. The van der Waals surface area contributed by atoms with Crippen LogP contribution in [0.5, 0.6) is 0 Å². The average Bonchev–Trinajstić information content (AvgIpc) is 2.79. The fourth-order valence-electron chi connectivity index (χ4n) is 1.86. The Morgan fingerprint density at radius 2 is 2.20 bits per heavy atom. The Morgan fingerprint density at radius 3 is 3.00 bits per heavy atom. The molecule has 0 amide bonds. The minimum atomic E-state index is -0.240. The van der Waals surface area contributed by atoms with Gasteiger partial charge in [-0.25, -0.2) is 9.37 Å². The maximum atomic E-state index is 13.5. The van der Waals surface area contributed by atoms with E-state index in [0.29, 0.717) is 21.9 Å². The zero-order valence-corrected chi connectivity index (χ0v) is 12.3. The fraction of sp³-hybridized carbons (Fsp3) is 0.143. The number of nitrogens with one attached hydrogen (secondary N) is 1. The van der Waals surface area contributed by atoms with E-state index in [1.54, 1.807) is 18.2 Å². The molecule has 1 aromatic carbocycles. The van der Waals surface area contributed by atoms with E-state index in [2.05, 4.69) is 9.97 Å². The third kappa shape index (κ3) is 2.62. The fourth-order valence-corrected chi connectivity index (χ4v) is 3.65. The summed E-state index contributed by atoms with van der Waals surface area (Å²) in [5.41, 5.74) is 0.456. The average molecular weight is 306 g/mol. The lowest BCUT2D eigenvalue weighted by atomic mass is 10.2. The largest absolute Gasteiger partial charge is 0.301 e. The lowest BCUT2D eigenvalue weighted by Gasteiger charge is -2.02. The van der Waals surface area contributed by atoms with Gasteiger partial charge in [-0.2, -0.15) is 0 Å².